The molecule has 3 N–H and O–H groups in total. The molecule has 6 heteroatoms. The second kappa shape index (κ2) is 5.01. The third kappa shape index (κ3) is 2.85. The van der Waals surface area contributed by atoms with Gasteiger partial charge in [0.1, 0.15) is 0 Å². The second-order valence-corrected chi connectivity index (χ2v) is 12.3. The molecule has 0 radical (unpaired) electrons. The van der Waals surface area contributed by atoms with Gasteiger partial charge in [-0.15, -0.1) is 0 Å². The third-order valence-corrected chi connectivity index (χ3v) is 6.79. The summed E-state index contributed by atoms with van der Waals surface area (Å²) in [6.45, 7) is -0.240. The molecule has 1 saturated heterocycles. The molecule has 78 valence electrons. The van der Waals surface area contributed by atoms with Gasteiger partial charge in [0.25, 0.3) is 0 Å². The zero-order valence-corrected chi connectivity index (χ0v) is 10.3. The molecule has 0 aliphatic carbocycles. The van der Waals surface area contributed by atoms with Gasteiger partial charge in [-0.2, -0.15) is 0 Å². The van der Waals surface area contributed by atoms with E-state index in [-0.39, 0.29) is 12.0 Å². The van der Waals surface area contributed by atoms with Crippen LogP contribution in [0.15, 0.2) is 0 Å². The van der Waals surface area contributed by atoms with E-state index in [0.29, 0.717) is 0 Å². The van der Waals surface area contributed by atoms with Crippen LogP contribution in [0.1, 0.15) is 0 Å². The van der Waals surface area contributed by atoms with Crippen LogP contribution in [0.5, 0.6) is 0 Å². The van der Waals surface area contributed by atoms with Crippen LogP contribution in [0, 0.1) is 0 Å². The monoisotopic (exact) mass is 270 g/mol. The first kappa shape index (κ1) is 11.8. The fourth-order valence-electron chi connectivity index (χ4n) is 1.16. The van der Waals surface area contributed by atoms with E-state index in [0.717, 1.165) is 0 Å². The number of hydrogen-bond acceptors (Lipinski definition) is 5. The van der Waals surface area contributed by atoms with E-state index < -0.39 is 31.8 Å². The average Bonchev–Trinajstić information content (AvgIpc) is 2.32. The van der Waals surface area contributed by atoms with E-state index in [1.165, 1.54) is 0 Å². The summed E-state index contributed by atoms with van der Waals surface area (Å²) in [6, 6.07) is 0. The van der Waals surface area contributed by atoms with Crippen molar-refractivity contribution in [1.82, 2.24) is 0 Å². The van der Waals surface area contributed by atoms with Gasteiger partial charge >= 0.3 is 85.4 Å². The molecule has 1 aliphatic heterocycles. The summed E-state index contributed by atoms with van der Waals surface area (Å²) in [6.07, 6.45) is -2.43. The zero-order chi connectivity index (χ0) is 10.0. The molecular formula is C7H15AsO4S. The summed E-state index contributed by atoms with van der Waals surface area (Å²) >= 11 is -0.949. The van der Waals surface area contributed by atoms with Crippen molar-refractivity contribution in [2.45, 2.75) is 35.2 Å². The van der Waals surface area contributed by atoms with Crippen LogP contribution in [-0.2, 0) is 4.74 Å². The topological polar surface area (TPSA) is 69.9 Å². The van der Waals surface area contributed by atoms with Crippen LogP contribution in [0.4, 0.5) is 0 Å². The van der Waals surface area contributed by atoms with Crippen LogP contribution in [-0.4, -0.2) is 59.2 Å². The summed E-state index contributed by atoms with van der Waals surface area (Å²) in [5.41, 5.74) is 3.90. The minimum atomic E-state index is -0.949. The molecule has 1 heterocycles. The van der Waals surface area contributed by atoms with E-state index in [4.69, 9.17) is 9.84 Å². The molecule has 1 rings (SSSR count). The van der Waals surface area contributed by atoms with Crippen molar-refractivity contribution in [2.75, 3.05) is 6.61 Å². The number of aliphatic hydroxyl groups excluding tert-OH is 3. The zero-order valence-electron chi connectivity index (χ0n) is 7.62. The van der Waals surface area contributed by atoms with Gasteiger partial charge in [-0.25, -0.2) is 0 Å². The van der Waals surface area contributed by atoms with Crippen LogP contribution in [0.3, 0.4) is 0 Å². The Bertz CT molecular complexity index is 169. The van der Waals surface area contributed by atoms with E-state index >= 15 is 0 Å². The third-order valence-electron chi connectivity index (χ3n) is 1.81. The maximum atomic E-state index is 9.52. The Balaban J connectivity index is 2.50. The van der Waals surface area contributed by atoms with E-state index in [9.17, 15) is 10.2 Å². The molecule has 0 aromatic carbocycles. The fourth-order valence-corrected chi connectivity index (χ4v) is 5.77. The van der Waals surface area contributed by atoms with Gasteiger partial charge in [-0.3, -0.25) is 0 Å². The van der Waals surface area contributed by atoms with Crippen molar-refractivity contribution in [3.8, 4) is 0 Å². The Morgan fingerprint density at radius 1 is 1.31 bits per heavy atom. The second-order valence-electron chi connectivity index (χ2n) is 3.12. The van der Waals surface area contributed by atoms with Gasteiger partial charge < -0.3 is 0 Å². The number of hydrogen-bond donors (Lipinski definition) is 3. The molecule has 4 atom stereocenters. The first-order valence-electron chi connectivity index (χ1n) is 4.02. The van der Waals surface area contributed by atoms with E-state index in [2.05, 4.69) is 11.4 Å². The van der Waals surface area contributed by atoms with Gasteiger partial charge in [-0.05, 0) is 0 Å². The molecule has 0 saturated carbocycles. The van der Waals surface area contributed by atoms with Gasteiger partial charge in [0.05, 0.1) is 0 Å². The number of rotatable bonds is 3. The standard InChI is InChI=1S/C7H15AsO4S/c1-8(2)13-7-6(11)5(10)4(3-9)12-7/h4-7,9-11H,3H2,1-2H3. The SMILES string of the molecule is C[As](C)SC1OC(CO)C(O)C1O. The van der Waals surface area contributed by atoms with Crippen molar-refractivity contribution in [3.05, 3.63) is 0 Å². The molecule has 4 unspecified atom stereocenters. The minimum absolute atomic E-state index is 0.240. The molecule has 1 aliphatic rings. The quantitative estimate of drug-likeness (QED) is 0.598. The van der Waals surface area contributed by atoms with Gasteiger partial charge in [0.15, 0.2) is 0 Å². The molecule has 0 bridgehead atoms. The Morgan fingerprint density at radius 2 is 1.92 bits per heavy atom. The molecule has 1 fully saturated rings. The molecule has 0 aromatic rings. The molecular weight excluding hydrogens is 255 g/mol. The van der Waals surface area contributed by atoms with Crippen LogP contribution < -0.4 is 0 Å². The predicted octanol–water partition coefficient (Wildman–Crippen LogP) is -0.590. The predicted molar refractivity (Wildman–Crippen MR) is 52.8 cm³/mol. The van der Waals surface area contributed by atoms with Gasteiger partial charge in [0, 0.05) is 0 Å². The van der Waals surface area contributed by atoms with Crippen molar-refractivity contribution >= 4 is 23.5 Å². The Labute approximate surface area is 85.5 Å². The Morgan fingerprint density at radius 3 is 2.31 bits per heavy atom. The first-order chi connectivity index (χ1) is 6.06. The van der Waals surface area contributed by atoms with Gasteiger partial charge in [0.2, 0.25) is 0 Å². The van der Waals surface area contributed by atoms with Crippen molar-refractivity contribution in [1.29, 1.82) is 0 Å². The molecule has 0 amide bonds. The maximum absolute atomic E-state index is 9.52. The first-order valence-corrected chi connectivity index (χ1v) is 10.9. The summed E-state index contributed by atoms with van der Waals surface area (Å²) in [4.78, 5) is 0. The summed E-state index contributed by atoms with van der Waals surface area (Å²) in [5, 5.41) is 27.7. The number of ether oxygens (including phenoxy) is 1. The fraction of sp³-hybridized carbons (Fsp3) is 1.00. The van der Waals surface area contributed by atoms with Crippen molar-refractivity contribution in [3.63, 3.8) is 0 Å². The van der Waals surface area contributed by atoms with Gasteiger partial charge in [-0.1, -0.05) is 0 Å². The molecule has 4 nitrogen and oxygen atoms in total. The van der Waals surface area contributed by atoms with Crippen LogP contribution in [0.25, 0.3) is 0 Å². The Kier molecular flexibility index (Phi) is 4.55. The summed E-state index contributed by atoms with van der Waals surface area (Å²) in [7, 11) is 1.60. The van der Waals surface area contributed by atoms with Crippen molar-refractivity contribution < 1.29 is 20.1 Å². The van der Waals surface area contributed by atoms with E-state index in [1.54, 1.807) is 10.0 Å². The van der Waals surface area contributed by atoms with Crippen LogP contribution >= 0.6 is 10.0 Å². The molecule has 0 spiro atoms. The van der Waals surface area contributed by atoms with Crippen molar-refractivity contribution in [2.24, 2.45) is 0 Å². The molecule has 13 heavy (non-hydrogen) atoms. The Hall–Kier alpha value is 0.748. The summed E-state index contributed by atoms with van der Waals surface area (Å²) in [5.74, 6) is 0. The number of aliphatic hydroxyl groups is 3. The normalized spacial score (nSPS) is 40.2. The van der Waals surface area contributed by atoms with Crippen LogP contribution in [0.2, 0.25) is 11.4 Å². The van der Waals surface area contributed by atoms with E-state index in [1.807, 2.05) is 0 Å². The average molecular weight is 270 g/mol. The molecule has 0 aromatic heterocycles. The summed E-state index contributed by atoms with van der Waals surface area (Å²) < 4.78 is 5.30.